The Bertz CT molecular complexity index is 356. The minimum absolute atomic E-state index is 0.0182. The van der Waals surface area contributed by atoms with Crippen LogP contribution in [0.15, 0.2) is 18.2 Å². The van der Waals surface area contributed by atoms with Crippen molar-refractivity contribution in [2.24, 2.45) is 0 Å². The molecule has 0 aliphatic heterocycles. The second-order valence-electron chi connectivity index (χ2n) is 2.38. The lowest BCUT2D eigenvalue weighted by Gasteiger charge is -2.07. The molecular formula is C8H5F3N2O. The van der Waals surface area contributed by atoms with Crippen molar-refractivity contribution in [2.75, 3.05) is 6.61 Å². The summed E-state index contributed by atoms with van der Waals surface area (Å²) in [4.78, 5) is 3.51. The van der Waals surface area contributed by atoms with E-state index in [0.29, 0.717) is 0 Å². The van der Waals surface area contributed by atoms with E-state index in [4.69, 9.17) is 5.26 Å². The fourth-order valence-electron chi connectivity index (χ4n) is 0.713. The van der Waals surface area contributed by atoms with Gasteiger partial charge < -0.3 is 4.74 Å². The molecule has 0 aromatic carbocycles. The molecule has 0 aliphatic rings. The molecule has 0 amide bonds. The topological polar surface area (TPSA) is 45.9 Å². The van der Waals surface area contributed by atoms with E-state index in [1.54, 1.807) is 6.07 Å². The molecule has 0 bridgehead atoms. The Kier molecular flexibility index (Phi) is 2.92. The molecule has 1 heterocycles. The average Bonchev–Trinajstić information content (AvgIpc) is 2.14. The molecule has 0 fully saturated rings. The quantitative estimate of drug-likeness (QED) is 0.735. The number of rotatable bonds is 2. The van der Waals surface area contributed by atoms with Crippen molar-refractivity contribution in [3.05, 3.63) is 23.9 Å². The number of aromatic nitrogens is 1. The number of hydrogen-bond acceptors (Lipinski definition) is 3. The maximum atomic E-state index is 11.7. The monoisotopic (exact) mass is 202 g/mol. The van der Waals surface area contributed by atoms with Crippen molar-refractivity contribution in [3.63, 3.8) is 0 Å². The second-order valence-corrected chi connectivity index (χ2v) is 2.38. The number of alkyl halides is 3. The largest absolute Gasteiger partial charge is 0.468 e. The van der Waals surface area contributed by atoms with Crippen LogP contribution in [-0.4, -0.2) is 17.8 Å². The van der Waals surface area contributed by atoms with Crippen LogP contribution >= 0.6 is 0 Å². The number of halogens is 3. The Hall–Kier alpha value is -1.77. The fourth-order valence-corrected chi connectivity index (χ4v) is 0.713. The summed E-state index contributed by atoms with van der Waals surface area (Å²) in [7, 11) is 0. The fraction of sp³-hybridized carbons (Fsp3) is 0.250. The van der Waals surface area contributed by atoms with Crippen LogP contribution in [0.25, 0.3) is 0 Å². The zero-order chi connectivity index (χ0) is 10.6. The highest BCUT2D eigenvalue weighted by molar-refractivity contribution is 5.24. The highest BCUT2D eigenvalue weighted by Gasteiger charge is 2.28. The van der Waals surface area contributed by atoms with E-state index in [0.717, 1.165) is 0 Å². The van der Waals surface area contributed by atoms with Crippen LogP contribution in [0.1, 0.15) is 5.69 Å². The first-order valence-corrected chi connectivity index (χ1v) is 3.58. The summed E-state index contributed by atoms with van der Waals surface area (Å²) in [6.07, 6.45) is -4.40. The van der Waals surface area contributed by atoms with Gasteiger partial charge in [-0.05, 0) is 6.07 Å². The Morgan fingerprint density at radius 1 is 1.43 bits per heavy atom. The highest BCUT2D eigenvalue weighted by Crippen LogP contribution is 2.16. The molecule has 1 aromatic rings. The standard InChI is InChI=1S/C8H5F3N2O/c9-8(10,11)5-14-7-3-1-2-6(4-12)13-7/h1-3H,5H2. The summed E-state index contributed by atoms with van der Waals surface area (Å²) in [6.45, 7) is -1.41. The van der Waals surface area contributed by atoms with Crippen molar-refractivity contribution in [3.8, 4) is 11.9 Å². The Morgan fingerprint density at radius 2 is 2.14 bits per heavy atom. The summed E-state index contributed by atoms with van der Waals surface area (Å²) in [5.74, 6) is -0.207. The van der Waals surface area contributed by atoms with Crippen LogP contribution in [0.5, 0.6) is 5.88 Å². The van der Waals surface area contributed by atoms with Gasteiger partial charge in [0.1, 0.15) is 11.8 Å². The van der Waals surface area contributed by atoms with Crippen LogP contribution in [0.2, 0.25) is 0 Å². The number of nitrogens with zero attached hydrogens (tertiary/aromatic N) is 2. The number of hydrogen-bond donors (Lipinski definition) is 0. The van der Waals surface area contributed by atoms with E-state index in [-0.39, 0.29) is 11.6 Å². The van der Waals surface area contributed by atoms with Gasteiger partial charge >= 0.3 is 6.18 Å². The van der Waals surface area contributed by atoms with Crippen molar-refractivity contribution < 1.29 is 17.9 Å². The lowest BCUT2D eigenvalue weighted by molar-refractivity contribution is -0.154. The Morgan fingerprint density at radius 3 is 2.71 bits per heavy atom. The molecule has 1 rings (SSSR count). The molecular weight excluding hydrogens is 197 g/mol. The maximum Gasteiger partial charge on any atom is 0.422 e. The van der Waals surface area contributed by atoms with Gasteiger partial charge in [-0.1, -0.05) is 6.07 Å². The lowest BCUT2D eigenvalue weighted by atomic mass is 10.4. The molecule has 1 aromatic heterocycles. The van der Waals surface area contributed by atoms with Gasteiger partial charge in [0.25, 0.3) is 0 Å². The number of pyridine rings is 1. The van der Waals surface area contributed by atoms with Gasteiger partial charge in [-0.15, -0.1) is 0 Å². The van der Waals surface area contributed by atoms with Crippen LogP contribution in [0.4, 0.5) is 13.2 Å². The van der Waals surface area contributed by atoms with Gasteiger partial charge in [-0.2, -0.15) is 18.4 Å². The lowest BCUT2D eigenvalue weighted by Crippen LogP contribution is -2.19. The Labute approximate surface area is 77.7 Å². The van der Waals surface area contributed by atoms with E-state index in [9.17, 15) is 13.2 Å². The van der Waals surface area contributed by atoms with Gasteiger partial charge in [0.15, 0.2) is 6.61 Å². The highest BCUT2D eigenvalue weighted by atomic mass is 19.4. The summed E-state index contributed by atoms with van der Waals surface area (Å²) in [6, 6.07) is 5.72. The van der Waals surface area contributed by atoms with E-state index < -0.39 is 12.8 Å². The van der Waals surface area contributed by atoms with E-state index >= 15 is 0 Å². The smallest absolute Gasteiger partial charge is 0.422 e. The van der Waals surface area contributed by atoms with Crippen molar-refractivity contribution in [1.29, 1.82) is 5.26 Å². The van der Waals surface area contributed by atoms with Crippen molar-refractivity contribution in [2.45, 2.75) is 6.18 Å². The van der Waals surface area contributed by atoms with Gasteiger partial charge in [-0.25, -0.2) is 4.98 Å². The van der Waals surface area contributed by atoms with Crippen molar-refractivity contribution in [1.82, 2.24) is 4.98 Å². The average molecular weight is 202 g/mol. The first-order valence-electron chi connectivity index (χ1n) is 3.58. The first kappa shape index (κ1) is 10.3. The van der Waals surface area contributed by atoms with E-state index in [2.05, 4.69) is 9.72 Å². The predicted molar refractivity (Wildman–Crippen MR) is 40.5 cm³/mol. The molecule has 0 unspecified atom stereocenters. The SMILES string of the molecule is N#Cc1cccc(OCC(F)(F)F)n1. The van der Waals surface area contributed by atoms with Crippen LogP contribution < -0.4 is 4.74 Å². The maximum absolute atomic E-state index is 11.7. The second kappa shape index (κ2) is 3.96. The molecule has 6 heteroatoms. The molecule has 14 heavy (non-hydrogen) atoms. The zero-order valence-corrected chi connectivity index (χ0v) is 6.88. The summed E-state index contributed by atoms with van der Waals surface area (Å²) in [5, 5.41) is 8.40. The Balaban J connectivity index is 2.65. The molecule has 3 nitrogen and oxygen atoms in total. The molecule has 0 N–H and O–H groups in total. The third kappa shape index (κ3) is 3.31. The molecule has 0 atom stereocenters. The molecule has 0 radical (unpaired) electrons. The number of nitriles is 1. The molecule has 0 saturated heterocycles. The minimum atomic E-state index is -4.40. The summed E-state index contributed by atoms with van der Waals surface area (Å²) in [5.41, 5.74) is 0.0182. The molecule has 0 spiro atoms. The molecule has 0 aliphatic carbocycles. The number of ether oxygens (including phenoxy) is 1. The minimum Gasteiger partial charge on any atom is -0.468 e. The molecule has 0 saturated carbocycles. The van der Waals surface area contributed by atoms with E-state index in [1.165, 1.54) is 18.2 Å². The van der Waals surface area contributed by atoms with Crippen LogP contribution in [-0.2, 0) is 0 Å². The normalized spacial score (nSPS) is 10.7. The summed E-state index contributed by atoms with van der Waals surface area (Å²) >= 11 is 0. The van der Waals surface area contributed by atoms with Gasteiger partial charge in [0, 0.05) is 6.07 Å². The first-order chi connectivity index (χ1) is 6.51. The van der Waals surface area contributed by atoms with Gasteiger partial charge in [-0.3, -0.25) is 0 Å². The van der Waals surface area contributed by atoms with Crippen LogP contribution in [0, 0.1) is 11.3 Å². The van der Waals surface area contributed by atoms with Gasteiger partial charge in [0.2, 0.25) is 5.88 Å². The zero-order valence-electron chi connectivity index (χ0n) is 6.88. The third-order valence-corrected chi connectivity index (χ3v) is 1.22. The van der Waals surface area contributed by atoms with Crippen LogP contribution in [0.3, 0.4) is 0 Å². The molecule has 74 valence electrons. The van der Waals surface area contributed by atoms with E-state index in [1.807, 2.05) is 0 Å². The van der Waals surface area contributed by atoms with Gasteiger partial charge in [0.05, 0.1) is 0 Å². The predicted octanol–water partition coefficient (Wildman–Crippen LogP) is 1.89. The van der Waals surface area contributed by atoms with Crippen molar-refractivity contribution >= 4 is 0 Å². The third-order valence-electron chi connectivity index (χ3n) is 1.22. The summed E-state index contributed by atoms with van der Waals surface area (Å²) < 4.78 is 39.4.